The number of carbonyl (C=O) groups excluding carboxylic acids is 1. The number of hydrogen-bond donors (Lipinski definition) is 2. The summed E-state index contributed by atoms with van der Waals surface area (Å²) in [5, 5.41) is 6.22. The second-order valence-electron chi connectivity index (χ2n) is 4.16. The highest BCUT2D eigenvalue weighted by Gasteiger charge is 2.16. The van der Waals surface area contributed by atoms with Gasteiger partial charge >= 0.3 is 0 Å². The first-order valence-electron chi connectivity index (χ1n) is 6.02. The predicted octanol–water partition coefficient (Wildman–Crippen LogP) is 0.934. The molecule has 1 unspecified atom stereocenters. The topological polar surface area (TPSA) is 50.4 Å². The first kappa shape index (κ1) is 11.9. The molecule has 0 bridgehead atoms. The SMILES string of the molecule is O=C1CCC(NCCOc2ccccc2)CN1. The summed E-state index contributed by atoms with van der Waals surface area (Å²) in [5.74, 6) is 1.05. The Bertz CT molecular complexity index is 344. The monoisotopic (exact) mass is 234 g/mol. The van der Waals surface area contributed by atoms with Crippen molar-refractivity contribution in [1.82, 2.24) is 10.6 Å². The first-order chi connectivity index (χ1) is 8.34. The van der Waals surface area contributed by atoms with Crippen LogP contribution in [0.4, 0.5) is 0 Å². The molecule has 17 heavy (non-hydrogen) atoms. The lowest BCUT2D eigenvalue weighted by Crippen LogP contribution is -2.46. The molecule has 0 saturated carbocycles. The smallest absolute Gasteiger partial charge is 0.220 e. The number of hydrogen-bond acceptors (Lipinski definition) is 3. The van der Waals surface area contributed by atoms with E-state index < -0.39 is 0 Å². The quantitative estimate of drug-likeness (QED) is 0.745. The number of para-hydroxylation sites is 1. The Kier molecular flexibility index (Phi) is 4.38. The Morgan fingerprint density at radius 2 is 2.18 bits per heavy atom. The Hall–Kier alpha value is -1.55. The third-order valence-electron chi connectivity index (χ3n) is 2.81. The molecule has 2 rings (SSSR count). The van der Waals surface area contributed by atoms with Crippen molar-refractivity contribution in [3.8, 4) is 5.75 Å². The predicted molar refractivity (Wildman–Crippen MR) is 66.0 cm³/mol. The third kappa shape index (κ3) is 4.07. The van der Waals surface area contributed by atoms with Gasteiger partial charge in [-0.25, -0.2) is 0 Å². The average molecular weight is 234 g/mol. The summed E-state index contributed by atoms with van der Waals surface area (Å²) in [4.78, 5) is 11.0. The zero-order chi connectivity index (χ0) is 11.9. The molecule has 1 heterocycles. The van der Waals surface area contributed by atoms with Crippen LogP contribution in [0.3, 0.4) is 0 Å². The minimum Gasteiger partial charge on any atom is -0.492 e. The maximum absolute atomic E-state index is 11.0. The second kappa shape index (κ2) is 6.25. The average Bonchev–Trinajstić information content (AvgIpc) is 2.38. The molecule has 1 amide bonds. The van der Waals surface area contributed by atoms with Gasteiger partial charge in [0, 0.05) is 25.6 Å². The summed E-state index contributed by atoms with van der Waals surface area (Å²) < 4.78 is 5.57. The maximum atomic E-state index is 11.0. The third-order valence-corrected chi connectivity index (χ3v) is 2.81. The Labute approximate surface area is 101 Å². The molecule has 1 atom stereocenters. The number of amides is 1. The molecule has 1 aliphatic heterocycles. The van der Waals surface area contributed by atoms with Crippen molar-refractivity contribution < 1.29 is 9.53 Å². The van der Waals surface area contributed by atoms with Gasteiger partial charge in [0.05, 0.1) is 0 Å². The molecular weight excluding hydrogens is 216 g/mol. The largest absolute Gasteiger partial charge is 0.492 e. The zero-order valence-electron chi connectivity index (χ0n) is 9.82. The van der Waals surface area contributed by atoms with Crippen molar-refractivity contribution in [2.75, 3.05) is 19.7 Å². The van der Waals surface area contributed by atoms with Crippen LogP contribution in [-0.4, -0.2) is 31.6 Å². The molecule has 1 aliphatic rings. The van der Waals surface area contributed by atoms with Crippen LogP contribution in [0.25, 0.3) is 0 Å². The van der Waals surface area contributed by atoms with E-state index in [2.05, 4.69) is 10.6 Å². The van der Waals surface area contributed by atoms with Crippen LogP contribution >= 0.6 is 0 Å². The molecule has 4 heteroatoms. The molecule has 1 aromatic rings. The summed E-state index contributed by atoms with van der Waals surface area (Å²) in [5.41, 5.74) is 0. The highest BCUT2D eigenvalue weighted by Crippen LogP contribution is 2.07. The highest BCUT2D eigenvalue weighted by atomic mass is 16.5. The van der Waals surface area contributed by atoms with Gasteiger partial charge in [-0.05, 0) is 18.6 Å². The van der Waals surface area contributed by atoms with E-state index >= 15 is 0 Å². The van der Waals surface area contributed by atoms with E-state index in [9.17, 15) is 4.79 Å². The van der Waals surface area contributed by atoms with Crippen molar-refractivity contribution in [1.29, 1.82) is 0 Å². The summed E-state index contributed by atoms with van der Waals surface area (Å²) in [6.07, 6.45) is 1.54. The molecule has 2 N–H and O–H groups in total. The normalized spacial score (nSPS) is 19.8. The number of benzene rings is 1. The van der Waals surface area contributed by atoms with Gasteiger partial charge in [-0.15, -0.1) is 0 Å². The first-order valence-corrected chi connectivity index (χ1v) is 6.02. The van der Waals surface area contributed by atoms with Crippen LogP contribution in [0.2, 0.25) is 0 Å². The summed E-state index contributed by atoms with van der Waals surface area (Å²) in [7, 11) is 0. The minimum absolute atomic E-state index is 0.156. The lowest BCUT2D eigenvalue weighted by Gasteiger charge is -2.23. The van der Waals surface area contributed by atoms with E-state index in [-0.39, 0.29) is 5.91 Å². The van der Waals surface area contributed by atoms with Crippen LogP contribution in [0, 0.1) is 0 Å². The van der Waals surface area contributed by atoms with Gasteiger partial charge < -0.3 is 15.4 Å². The molecular formula is C13H18N2O2. The van der Waals surface area contributed by atoms with Crippen molar-refractivity contribution in [3.05, 3.63) is 30.3 Å². The van der Waals surface area contributed by atoms with Crippen LogP contribution in [0.5, 0.6) is 5.75 Å². The molecule has 1 aromatic carbocycles. The van der Waals surface area contributed by atoms with Gasteiger partial charge in [-0.1, -0.05) is 18.2 Å². The fraction of sp³-hybridized carbons (Fsp3) is 0.462. The lowest BCUT2D eigenvalue weighted by molar-refractivity contribution is -0.122. The minimum atomic E-state index is 0.156. The van der Waals surface area contributed by atoms with E-state index in [0.717, 1.165) is 25.3 Å². The van der Waals surface area contributed by atoms with Crippen molar-refractivity contribution in [2.24, 2.45) is 0 Å². The molecule has 0 spiro atoms. The van der Waals surface area contributed by atoms with Gasteiger partial charge in [0.2, 0.25) is 5.91 Å². The summed E-state index contributed by atoms with van der Waals surface area (Å²) >= 11 is 0. The maximum Gasteiger partial charge on any atom is 0.220 e. The van der Waals surface area contributed by atoms with E-state index in [1.54, 1.807) is 0 Å². The number of ether oxygens (including phenoxy) is 1. The van der Waals surface area contributed by atoms with Crippen molar-refractivity contribution >= 4 is 5.91 Å². The van der Waals surface area contributed by atoms with Crippen LogP contribution in [0.1, 0.15) is 12.8 Å². The molecule has 4 nitrogen and oxygen atoms in total. The van der Waals surface area contributed by atoms with Crippen LogP contribution < -0.4 is 15.4 Å². The van der Waals surface area contributed by atoms with E-state index in [0.29, 0.717) is 19.1 Å². The number of piperidine rings is 1. The highest BCUT2D eigenvalue weighted by molar-refractivity contribution is 5.76. The van der Waals surface area contributed by atoms with Crippen LogP contribution in [-0.2, 0) is 4.79 Å². The van der Waals surface area contributed by atoms with Gasteiger partial charge in [0.25, 0.3) is 0 Å². The molecule has 0 radical (unpaired) electrons. The number of nitrogens with one attached hydrogen (secondary N) is 2. The van der Waals surface area contributed by atoms with E-state index in [4.69, 9.17) is 4.74 Å². The van der Waals surface area contributed by atoms with E-state index in [1.807, 2.05) is 30.3 Å². The molecule has 0 aliphatic carbocycles. The fourth-order valence-corrected chi connectivity index (χ4v) is 1.86. The fourth-order valence-electron chi connectivity index (χ4n) is 1.86. The van der Waals surface area contributed by atoms with E-state index in [1.165, 1.54) is 0 Å². The van der Waals surface area contributed by atoms with Crippen molar-refractivity contribution in [3.63, 3.8) is 0 Å². The lowest BCUT2D eigenvalue weighted by atomic mass is 10.1. The van der Waals surface area contributed by atoms with Gasteiger partial charge in [0.1, 0.15) is 12.4 Å². The van der Waals surface area contributed by atoms with Crippen molar-refractivity contribution in [2.45, 2.75) is 18.9 Å². The molecule has 1 saturated heterocycles. The summed E-state index contributed by atoms with van der Waals surface area (Å²) in [6, 6.07) is 10.2. The Morgan fingerprint density at radius 1 is 1.35 bits per heavy atom. The molecule has 92 valence electrons. The Balaban J connectivity index is 1.59. The standard InChI is InChI=1S/C13H18N2O2/c16-13-7-6-11(10-15-13)14-8-9-17-12-4-2-1-3-5-12/h1-5,11,14H,6-10H2,(H,15,16). The molecule has 0 aromatic heterocycles. The number of rotatable bonds is 5. The number of carbonyl (C=O) groups is 1. The van der Waals surface area contributed by atoms with Gasteiger partial charge in [-0.2, -0.15) is 0 Å². The van der Waals surface area contributed by atoms with Gasteiger partial charge in [0.15, 0.2) is 0 Å². The second-order valence-corrected chi connectivity index (χ2v) is 4.16. The van der Waals surface area contributed by atoms with Gasteiger partial charge in [-0.3, -0.25) is 4.79 Å². The zero-order valence-corrected chi connectivity index (χ0v) is 9.82. The summed E-state index contributed by atoms with van der Waals surface area (Å²) in [6.45, 7) is 2.17. The van der Waals surface area contributed by atoms with Crippen LogP contribution in [0.15, 0.2) is 30.3 Å². The molecule has 1 fully saturated rings. The Morgan fingerprint density at radius 3 is 2.88 bits per heavy atom.